The molecule has 0 saturated carbocycles. The number of aryl methyl sites for hydroxylation is 2. The Kier molecular flexibility index (Phi) is 5.09. The predicted molar refractivity (Wildman–Crippen MR) is 64.0 cm³/mol. The standard InChI is InChI=1S/C14H20O/c1-3-14(15)11-7-6-10-13-9-5-4-8-12(13)2/h4-5,8-9H,3,6-7,10-11H2,1-2H3. The van der Waals surface area contributed by atoms with Crippen LogP contribution in [0.4, 0.5) is 0 Å². The summed E-state index contributed by atoms with van der Waals surface area (Å²) in [5.74, 6) is 0.389. The second kappa shape index (κ2) is 6.39. The molecule has 0 spiro atoms. The summed E-state index contributed by atoms with van der Waals surface area (Å²) in [6.45, 7) is 4.08. The Balaban J connectivity index is 2.26. The van der Waals surface area contributed by atoms with Crippen LogP contribution in [0.25, 0.3) is 0 Å². The fourth-order valence-corrected chi connectivity index (χ4v) is 1.70. The van der Waals surface area contributed by atoms with E-state index in [4.69, 9.17) is 0 Å². The van der Waals surface area contributed by atoms with Crippen molar-refractivity contribution in [3.8, 4) is 0 Å². The van der Waals surface area contributed by atoms with Gasteiger partial charge in [-0.2, -0.15) is 0 Å². The zero-order valence-electron chi connectivity index (χ0n) is 9.75. The molecule has 0 amide bonds. The number of hydrogen-bond acceptors (Lipinski definition) is 1. The van der Waals surface area contributed by atoms with Gasteiger partial charge in [0.1, 0.15) is 5.78 Å². The second-order valence-electron chi connectivity index (χ2n) is 4.03. The fraction of sp³-hybridized carbons (Fsp3) is 0.500. The maximum Gasteiger partial charge on any atom is 0.132 e. The zero-order valence-corrected chi connectivity index (χ0v) is 9.75. The van der Waals surface area contributed by atoms with E-state index in [9.17, 15) is 4.79 Å². The molecule has 0 radical (unpaired) electrons. The molecule has 0 fully saturated rings. The van der Waals surface area contributed by atoms with Crippen molar-refractivity contribution in [1.82, 2.24) is 0 Å². The highest BCUT2D eigenvalue weighted by atomic mass is 16.1. The number of unbranched alkanes of at least 4 members (excludes halogenated alkanes) is 1. The van der Waals surface area contributed by atoms with Crippen LogP contribution in [0.2, 0.25) is 0 Å². The van der Waals surface area contributed by atoms with Gasteiger partial charge in [0, 0.05) is 12.8 Å². The lowest BCUT2D eigenvalue weighted by Crippen LogP contribution is -1.96. The molecule has 0 heterocycles. The largest absolute Gasteiger partial charge is 0.300 e. The van der Waals surface area contributed by atoms with Crippen molar-refractivity contribution in [2.45, 2.75) is 46.0 Å². The monoisotopic (exact) mass is 204 g/mol. The summed E-state index contributed by atoms with van der Waals surface area (Å²) >= 11 is 0. The van der Waals surface area contributed by atoms with E-state index >= 15 is 0 Å². The van der Waals surface area contributed by atoms with Gasteiger partial charge in [0.05, 0.1) is 0 Å². The molecule has 0 aliphatic carbocycles. The van der Waals surface area contributed by atoms with E-state index in [0.29, 0.717) is 12.2 Å². The molecule has 0 atom stereocenters. The van der Waals surface area contributed by atoms with Crippen molar-refractivity contribution < 1.29 is 4.79 Å². The van der Waals surface area contributed by atoms with Gasteiger partial charge in [0.15, 0.2) is 0 Å². The van der Waals surface area contributed by atoms with Crippen molar-refractivity contribution in [3.05, 3.63) is 35.4 Å². The van der Waals surface area contributed by atoms with Gasteiger partial charge in [0.25, 0.3) is 0 Å². The molecule has 1 heteroatoms. The minimum Gasteiger partial charge on any atom is -0.300 e. The first-order chi connectivity index (χ1) is 7.24. The number of carbonyl (C=O) groups excluding carboxylic acids is 1. The predicted octanol–water partition coefficient (Wildman–Crippen LogP) is 3.69. The lowest BCUT2D eigenvalue weighted by Gasteiger charge is -2.04. The van der Waals surface area contributed by atoms with E-state index in [1.807, 2.05) is 6.92 Å². The van der Waals surface area contributed by atoms with Gasteiger partial charge in [-0.15, -0.1) is 0 Å². The SMILES string of the molecule is CCC(=O)CCCCc1ccccc1C. The summed E-state index contributed by atoms with van der Waals surface area (Å²) < 4.78 is 0. The van der Waals surface area contributed by atoms with Crippen LogP contribution in [0, 0.1) is 6.92 Å². The molecule has 0 N–H and O–H groups in total. The minimum atomic E-state index is 0.389. The van der Waals surface area contributed by atoms with Crippen LogP contribution in [0.15, 0.2) is 24.3 Å². The fourth-order valence-electron chi connectivity index (χ4n) is 1.70. The molecule has 15 heavy (non-hydrogen) atoms. The van der Waals surface area contributed by atoms with Crippen LogP contribution >= 0.6 is 0 Å². The molecule has 1 nitrogen and oxygen atoms in total. The molecule has 0 unspecified atom stereocenters. The first-order valence-electron chi connectivity index (χ1n) is 5.80. The topological polar surface area (TPSA) is 17.1 Å². The van der Waals surface area contributed by atoms with Crippen LogP contribution in [0.3, 0.4) is 0 Å². The Morgan fingerprint density at radius 2 is 1.93 bits per heavy atom. The van der Waals surface area contributed by atoms with Crippen LogP contribution in [0.5, 0.6) is 0 Å². The molecular formula is C14H20O. The molecule has 0 aliphatic heterocycles. The average Bonchev–Trinajstić information content (AvgIpc) is 2.26. The number of benzene rings is 1. The summed E-state index contributed by atoms with van der Waals surface area (Å²) in [6.07, 6.45) is 4.69. The van der Waals surface area contributed by atoms with E-state index in [2.05, 4.69) is 31.2 Å². The van der Waals surface area contributed by atoms with Crippen molar-refractivity contribution >= 4 is 5.78 Å². The normalized spacial score (nSPS) is 10.3. The third-order valence-corrected chi connectivity index (χ3v) is 2.81. The van der Waals surface area contributed by atoms with Gasteiger partial charge in [-0.1, -0.05) is 31.2 Å². The maximum atomic E-state index is 11.1. The lowest BCUT2D eigenvalue weighted by molar-refractivity contribution is -0.118. The number of carbonyl (C=O) groups is 1. The Morgan fingerprint density at radius 1 is 1.20 bits per heavy atom. The van der Waals surface area contributed by atoms with Gasteiger partial charge in [-0.25, -0.2) is 0 Å². The molecule has 0 aromatic heterocycles. The lowest BCUT2D eigenvalue weighted by atomic mass is 10.0. The van der Waals surface area contributed by atoms with Crippen LogP contribution in [0.1, 0.15) is 43.7 Å². The van der Waals surface area contributed by atoms with Crippen LogP contribution < -0.4 is 0 Å². The summed E-state index contributed by atoms with van der Waals surface area (Å²) in [5.41, 5.74) is 2.78. The zero-order chi connectivity index (χ0) is 11.1. The molecule has 1 rings (SSSR count). The number of Topliss-reactive ketones (excluding diaryl/α,β-unsaturated/α-hetero) is 1. The molecule has 0 saturated heterocycles. The van der Waals surface area contributed by atoms with Gasteiger partial charge in [-0.3, -0.25) is 4.79 Å². The first kappa shape index (κ1) is 12.0. The Hall–Kier alpha value is -1.11. The Bertz CT molecular complexity index is 315. The summed E-state index contributed by atoms with van der Waals surface area (Å²) in [7, 11) is 0. The van der Waals surface area contributed by atoms with E-state index in [1.54, 1.807) is 0 Å². The third kappa shape index (κ3) is 4.28. The van der Waals surface area contributed by atoms with Gasteiger partial charge >= 0.3 is 0 Å². The van der Waals surface area contributed by atoms with E-state index in [-0.39, 0.29) is 0 Å². The van der Waals surface area contributed by atoms with Crippen LogP contribution in [-0.2, 0) is 11.2 Å². The van der Waals surface area contributed by atoms with Gasteiger partial charge in [0.2, 0.25) is 0 Å². The quantitative estimate of drug-likeness (QED) is 0.646. The molecule has 1 aromatic carbocycles. The molecule has 0 bridgehead atoms. The highest BCUT2D eigenvalue weighted by Crippen LogP contribution is 2.11. The van der Waals surface area contributed by atoms with E-state index < -0.39 is 0 Å². The summed E-state index contributed by atoms with van der Waals surface area (Å²) in [6, 6.07) is 8.47. The van der Waals surface area contributed by atoms with Crippen LogP contribution in [-0.4, -0.2) is 5.78 Å². The summed E-state index contributed by atoms with van der Waals surface area (Å²) in [4.78, 5) is 11.1. The molecular weight excluding hydrogens is 184 g/mol. The molecule has 82 valence electrons. The molecule has 1 aromatic rings. The highest BCUT2D eigenvalue weighted by molar-refractivity contribution is 5.77. The summed E-state index contributed by atoms with van der Waals surface area (Å²) in [5, 5.41) is 0. The minimum absolute atomic E-state index is 0.389. The van der Waals surface area contributed by atoms with Crippen molar-refractivity contribution in [2.24, 2.45) is 0 Å². The maximum absolute atomic E-state index is 11.1. The van der Waals surface area contributed by atoms with E-state index in [0.717, 1.165) is 25.7 Å². The van der Waals surface area contributed by atoms with Crippen molar-refractivity contribution in [1.29, 1.82) is 0 Å². The third-order valence-electron chi connectivity index (χ3n) is 2.81. The Morgan fingerprint density at radius 3 is 2.60 bits per heavy atom. The smallest absolute Gasteiger partial charge is 0.132 e. The number of rotatable bonds is 6. The van der Waals surface area contributed by atoms with E-state index in [1.165, 1.54) is 11.1 Å². The number of hydrogen-bond donors (Lipinski definition) is 0. The Labute approximate surface area is 92.5 Å². The van der Waals surface area contributed by atoms with Gasteiger partial charge < -0.3 is 0 Å². The second-order valence-corrected chi connectivity index (χ2v) is 4.03. The van der Waals surface area contributed by atoms with Gasteiger partial charge in [-0.05, 0) is 37.3 Å². The van der Waals surface area contributed by atoms with Crippen molar-refractivity contribution in [2.75, 3.05) is 0 Å². The number of ketones is 1. The highest BCUT2D eigenvalue weighted by Gasteiger charge is 2.00. The average molecular weight is 204 g/mol. The molecule has 0 aliphatic rings. The van der Waals surface area contributed by atoms with Crippen molar-refractivity contribution in [3.63, 3.8) is 0 Å². The first-order valence-corrected chi connectivity index (χ1v) is 5.80.